The lowest BCUT2D eigenvalue weighted by Crippen LogP contribution is -3.00. The number of anilines is 1. The van der Waals surface area contributed by atoms with Crippen molar-refractivity contribution < 1.29 is 45.2 Å². The number of benzene rings is 2. The third-order valence-electron chi connectivity index (χ3n) is 7.07. The minimum absolute atomic E-state index is 0. The van der Waals surface area contributed by atoms with Gasteiger partial charge in [-0.2, -0.15) is 0 Å². The Labute approximate surface area is 245 Å². The second-order valence-corrected chi connectivity index (χ2v) is 9.58. The van der Waals surface area contributed by atoms with E-state index in [1.54, 1.807) is 43.0 Å². The molecule has 0 radical (unpaired) electrons. The van der Waals surface area contributed by atoms with E-state index in [1.807, 2.05) is 0 Å². The van der Waals surface area contributed by atoms with Crippen molar-refractivity contribution in [2.45, 2.75) is 45.2 Å². The van der Waals surface area contributed by atoms with Gasteiger partial charge in [-0.1, -0.05) is 13.0 Å². The highest BCUT2D eigenvalue weighted by Gasteiger charge is 2.47. The van der Waals surface area contributed by atoms with Gasteiger partial charge >= 0.3 is 12.0 Å². The summed E-state index contributed by atoms with van der Waals surface area (Å²) < 4.78 is 38.3. The fraction of sp³-hybridized carbons (Fsp3) is 0.346. The summed E-state index contributed by atoms with van der Waals surface area (Å²) in [6.07, 6.45) is 4.52. The number of hydrogen-bond donors (Lipinski definition) is 1. The zero-order valence-corrected chi connectivity index (χ0v) is 23.5. The molecule has 0 bridgehead atoms. The first-order valence-corrected chi connectivity index (χ1v) is 12.9. The van der Waals surface area contributed by atoms with Crippen molar-refractivity contribution in [1.82, 2.24) is 34.9 Å². The molecule has 4 aromatic rings. The molecule has 1 saturated heterocycles. The van der Waals surface area contributed by atoms with Crippen LogP contribution in [0.5, 0.6) is 0 Å². The molecule has 1 aliphatic heterocycles. The lowest BCUT2D eigenvalue weighted by atomic mass is 9.85. The van der Waals surface area contributed by atoms with Gasteiger partial charge in [0.1, 0.15) is 30.1 Å². The number of carbonyl (C=O) groups is 2. The molecule has 0 spiro atoms. The van der Waals surface area contributed by atoms with E-state index in [0.717, 1.165) is 12.1 Å². The number of halogens is 3. The van der Waals surface area contributed by atoms with Crippen LogP contribution in [-0.2, 0) is 28.4 Å². The van der Waals surface area contributed by atoms with Gasteiger partial charge in [0.2, 0.25) is 13.1 Å². The second kappa shape index (κ2) is 12.6. The molecule has 0 aliphatic carbocycles. The van der Waals surface area contributed by atoms with Crippen LogP contribution in [0, 0.1) is 11.6 Å². The molecule has 1 fully saturated rings. The van der Waals surface area contributed by atoms with E-state index in [4.69, 9.17) is 4.74 Å². The molecule has 5 rings (SSSR count). The Bertz CT molecular complexity index is 1540. The highest BCUT2D eigenvalue weighted by Crippen LogP contribution is 2.35. The molecule has 1 aliphatic rings. The highest BCUT2D eigenvalue weighted by molar-refractivity contribution is 5.94. The Morgan fingerprint density at radius 2 is 1.90 bits per heavy atom. The van der Waals surface area contributed by atoms with Crippen molar-refractivity contribution in [2.24, 2.45) is 0 Å². The summed E-state index contributed by atoms with van der Waals surface area (Å²) in [6, 6.07) is 8.58. The SMILES string of the molecule is CCC(=O)OC[n+]1cnn(C[C@](O)(c2ccc(F)cc2F)[C@@H](C)N2CCN(c3ccc(-n4cnnn4)cc3)C2=O)c1.[Cl-]. The van der Waals surface area contributed by atoms with E-state index in [9.17, 15) is 19.1 Å². The Hall–Kier alpha value is -4.50. The number of nitrogens with zero attached hydrogens (tertiary/aromatic N) is 9. The number of esters is 1. The van der Waals surface area contributed by atoms with Crippen molar-refractivity contribution in [3.63, 3.8) is 0 Å². The molecule has 16 heteroatoms. The topological polar surface area (TPSA) is 135 Å². The van der Waals surface area contributed by atoms with Crippen LogP contribution in [0.3, 0.4) is 0 Å². The second-order valence-electron chi connectivity index (χ2n) is 9.58. The van der Waals surface area contributed by atoms with Crippen LogP contribution in [0.4, 0.5) is 19.3 Å². The first-order chi connectivity index (χ1) is 19.7. The van der Waals surface area contributed by atoms with Crippen LogP contribution >= 0.6 is 0 Å². The monoisotopic (exact) mass is 603 g/mol. The average molecular weight is 604 g/mol. The van der Waals surface area contributed by atoms with Gasteiger partial charge in [0, 0.05) is 41.9 Å². The Morgan fingerprint density at radius 3 is 2.57 bits per heavy atom. The number of aliphatic hydroxyl groups is 1. The fourth-order valence-electron chi connectivity index (χ4n) is 4.77. The summed E-state index contributed by atoms with van der Waals surface area (Å²) in [4.78, 5) is 28.1. The lowest BCUT2D eigenvalue weighted by molar-refractivity contribution is -0.728. The summed E-state index contributed by atoms with van der Waals surface area (Å²) in [5.41, 5.74) is -0.884. The van der Waals surface area contributed by atoms with E-state index in [0.29, 0.717) is 24.0 Å². The Morgan fingerprint density at radius 1 is 1.17 bits per heavy atom. The van der Waals surface area contributed by atoms with Crippen molar-refractivity contribution in [3.05, 3.63) is 78.6 Å². The van der Waals surface area contributed by atoms with Crippen molar-refractivity contribution in [1.29, 1.82) is 0 Å². The van der Waals surface area contributed by atoms with Crippen molar-refractivity contribution in [3.8, 4) is 5.69 Å². The first kappa shape index (κ1) is 30.5. The molecular weight excluding hydrogens is 576 g/mol. The maximum absolute atomic E-state index is 15.1. The number of aromatic nitrogens is 7. The summed E-state index contributed by atoms with van der Waals surface area (Å²) in [6.45, 7) is 3.45. The van der Waals surface area contributed by atoms with Gasteiger partial charge in [0.15, 0.2) is 0 Å². The molecule has 0 saturated carbocycles. The van der Waals surface area contributed by atoms with Gasteiger partial charge in [-0.05, 0) is 47.7 Å². The lowest BCUT2D eigenvalue weighted by Gasteiger charge is -2.38. The van der Waals surface area contributed by atoms with Crippen LogP contribution in [0.2, 0.25) is 0 Å². The van der Waals surface area contributed by atoms with Gasteiger partial charge in [-0.25, -0.2) is 22.8 Å². The van der Waals surface area contributed by atoms with Gasteiger partial charge in [-0.15, -0.1) is 9.78 Å². The molecule has 222 valence electrons. The maximum atomic E-state index is 15.1. The van der Waals surface area contributed by atoms with E-state index in [1.165, 1.54) is 37.8 Å². The summed E-state index contributed by atoms with van der Waals surface area (Å²) in [5, 5.41) is 27.3. The number of amides is 2. The molecule has 2 atom stereocenters. The highest BCUT2D eigenvalue weighted by atomic mass is 35.5. The normalized spacial score (nSPS) is 15.3. The molecular formula is C26H28ClF2N9O4. The summed E-state index contributed by atoms with van der Waals surface area (Å²) >= 11 is 0. The van der Waals surface area contributed by atoms with Gasteiger partial charge in [0.05, 0.1) is 11.7 Å². The molecule has 2 amide bonds. The van der Waals surface area contributed by atoms with Crippen LogP contribution in [-0.4, -0.2) is 71.1 Å². The fourth-order valence-corrected chi connectivity index (χ4v) is 4.77. The number of tetrazole rings is 1. The number of carbonyl (C=O) groups excluding carboxylic acids is 2. The standard InChI is InChI=1S/C26H28F2N9O4.ClH/c1-3-24(38)41-17-33-15-30-34(16-33)13-26(40,22-9-4-19(27)12-23(22)28)18(2)35-10-11-36(25(35)39)20-5-7-21(8-6-20)37-14-29-31-32-37;/h4-9,12,14-16,18,40H,3,10-11,13,17H2,1-2H3;1H/q+1;/p-1/t18-,26-;/m1./s1. The van der Waals surface area contributed by atoms with Gasteiger partial charge in [0.25, 0.3) is 6.33 Å². The van der Waals surface area contributed by atoms with E-state index >= 15 is 4.39 Å². The number of urea groups is 1. The zero-order valence-electron chi connectivity index (χ0n) is 22.7. The van der Waals surface area contributed by atoms with Gasteiger partial charge < -0.3 is 27.2 Å². The smallest absolute Gasteiger partial charge is 0.324 e. The molecule has 2 aromatic carbocycles. The first-order valence-electron chi connectivity index (χ1n) is 12.9. The third-order valence-corrected chi connectivity index (χ3v) is 7.07. The van der Waals surface area contributed by atoms with Crippen molar-refractivity contribution in [2.75, 3.05) is 18.0 Å². The number of hydrogen-bond acceptors (Lipinski definition) is 8. The number of ether oxygens (including phenoxy) is 1. The summed E-state index contributed by atoms with van der Waals surface area (Å²) in [7, 11) is 0. The van der Waals surface area contributed by atoms with E-state index in [2.05, 4.69) is 20.6 Å². The Balaban J connectivity index is 0.00000405. The average Bonchev–Trinajstić information content (AvgIpc) is 3.73. The maximum Gasteiger partial charge on any atom is 0.324 e. The van der Waals surface area contributed by atoms with Gasteiger partial charge in [-0.3, -0.25) is 9.69 Å². The van der Waals surface area contributed by atoms with E-state index in [-0.39, 0.29) is 44.2 Å². The van der Waals surface area contributed by atoms with Crippen LogP contribution in [0.15, 0.2) is 61.4 Å². The van der Waals surface area contributed by atoms with Crippen molar-refractivity contribution >= 4 is 17.7 Å². The molecule has 2 aromatic heterocycles. The minimum atomic E-state index is -2.02. The van der Waals surface area contributed by atoms with Crippen LogP contribution < -0.4 is 21.9 Å². The predicted molar refractivity (Wildman–Crippen MR) is 137 cm³/mol. The van der Waals surface area contributed by atoms with Crippen LogP contribution in [0.25, 0.3) is 5.69 Å². The quantitative estimate of drug-likeness (QED) is 0.172. The number of rotatable bonds is 10. The third kappa shape index (κ3) is 6.06. The molecule has 1 N–H and O–H groups in total. The predicted octanol–water partition coefficient (Wildman–Crippen LogP) is -1.44. The minimum Gasteiger partial charge on any atom is -1.00 e. The molecule has 42 heavy (non-hydrogen) atoms. The molecule has 13 nitrogen and oxygen atoms in total. The zero-order chi connectivity index (χ0) is 29.1. The molecule has 3 heterocycles. The van der Waals surface area contributed by atoms with Crippen LogP contribution in [0.1, 0.15) is 25.8 Å². The summed E-state index contributed by atoms with van der Waals surface area (Å²) in [5.74, 6) is -2.16. The van der Waals surface area contributed by atoms with E-state index < -0.39 is 35.3 Å². The Kier molecular flexibility index (Phi) is 9.11. The largest absolute Gasteiger partial charge is 1.00 e. The molecule has 0 unspecified atom stereocenters.